The van der Waals surface area contributed by atoms with Gasteiger partial charge in [0.1, 0.15) is 12.4 Å². The standard InChI is InChI=1S/C25H38N4O2/c1-9-10-15-28(23(31)19-14-12-11-13-18(19)2)17-22(30)26-21-16-20(24(3,4)5)27-29(21)25(6,7)8/h11-14,16H,9-10,15,17H2,1-8H3,(H,26,30). The monoisotopic (exact) mass is 426 g/mol. The van der Waals surface area contributed by atoms with Crippen LogP contribution in [0.25, 0.3) is 0 Å². The fourth-order valence-corrected chi connectivity index (χ4v) is 3.29. The van der Waals surface area contributed by atoms with Gasteiger partial charge in [-0.3, -0.25) is 9.59 Å². The lowest BCUT2D eigenvalue weighted by atomic mass is 9.92. The second kappa shape index (κ2) is 9.67. The van der Waals surface area contributed by atoms with E-state index in [0.29, 0.717) is 17.9 Å². The molecule has 0 aliphatic carbocycles. The van der Waals surface area contributed by atoms with Crippen LogP contribution in [0.15, 0.2) is 30.3 Å². The van der Waals surface area contributed by atoms with E-state index in [1.807, 2.05) is 41.9 Å². The molecule has 6 heteroatoms. The number of rotatable bonds is 7. The van der Waals surface area contributed by atoms with Crippen LogP contribution in [-0.4, -0.2) is 39.6 Å². The first-order chi connectivity index (χ1) is 14.3. The number of amides is 2. The van der Waals surface area contributed by atoms with Crippen LogP contribution < -0.4 is 5.32 Å². The van der Waals surface area contributed by atoms with Crippen LogP contribution in [0.1, 0.15) is 82.9 Å². The zero-order chi connectivity index (χ0) is 23.4. The van der Waals surface area contributed by atoms with Crippen molar-refractivity contribution >= 4 is 17.6 Å². The fraction of sp³-hybridized carbons (Fsp3) is 0.560. The summed E-state index contributed by atoms with van der Waals surface area (Å²) in [4.78, 5) is 27.8. The van der Waals surface area contributed by atoms with Crippen molar-refractivity contribution in [2.75, 3.05) is 18.4 Å². The Kier molecular flexibility index (Phi) is 7.68. The summed E-state index contributed by atoms with van der Waals surface area (Å²) in [7, 11) is 0. The molecule has 0 spiro atoms. The molecule has 0 atom stereocenters. The minimum Gasteiger partial charge on any atom is -0.329 e. The number of hydrogen-bond donors (Lipinski definition) is 1. The predicted molar refractivity (Wildman–Crippen MR) is 127 cm³/mol. The van der Waals surface area contributed by atoms with E-state index in [2.05, 4.69) is 53.8 Å². The molecule has 1 aromatic carbocycles. The first-order valence-electron chi connectivity index (χ1n) is 11.1. The van der Waals surface area contributed by atoms with E-state index in [-0.39, 0.29) is 29.3 Å². The van der Waals surface area contributed by atoms with Gasteiger partial charge in [-0.05, 0) is 45.7 Å². The van der Waals surface area contributed by atoms with E-state index in [9.17, 15) is 9.59 Å². The summed E-state index contributed by atoms with van der Waals surface area (Å²) >= 11 is 0. The average Bonchev–Trinajstić information content (AvgIpc) is 3.09. The number of carbonyl (C=O) groups is 2. The number of hydrogen-bond acceptors (Lipinski definition) is 3. The van der Waals surface area contributed by atoms with E-state index in [4.69, 9.17) is 5.10 Å². The van der Waals surface area contributed by atoms with Crippen LogP contribution in [0.3, 0.4) is 0 Å². The van der Waals surface area contributed by atoms with Crippen LogP contribution in [0.5, 0.6) is 0 Å². The maximum absolute atomic E-state index is 13.1. The molecule has 2 aromatic rings. The number of aromatic nitrogens is 2. The van der Waals surface area contributed by atoms with Crippen LogP contribution in [0.2, 0.25) is 0 Å². The molecule has 1 N–H and O–H groups in total. The third-order valence-electron chi connectivity index (χ3n) is 5.16. The number of nitrogens with one attached hydrogen (secondary N) is 1. The molecule has 0 saturated heterocycles. The first-order valence-corrected chi connectivity index (χ1v) is 11.1. The number of carbonyl (C=O) groups excluding carboxylic acids is 2. The summed E-state index contributed by atoms with van der Waals surface area (Å²) in [5, 5.41) is 7.76. The van der Waals surface area contributed by atoms with Crippen molar-refractivity contribution in [3.63, 3.8) is 0 Å². The Labute approximate surface area is 187 Å². The fourth-order valence-electron chi connectivity index (χ4n) is 3.29. The predicted octanol–water partition coefficient (Wildman–Crippen LogP) is 5.13. The lowest BCUT2D eigenvalue weighted by Gasteiger charge is -2.25. The Bertz CT molecular complexity index is 916. The number of unbranched alkanes of at least 4 members (excludes halogenated alkanes) is 1. The molecule has 0 aliphatic rings. The highest BCUT2D eigenvalue weighted by molar-refractivity contribution is 6.00. The van der Waals surface area contributed by atoms with E-state index in [0.717, 1.165) is 24.1 Å². The Morgan fingerprint density at radius 2 is 1.74 bits per heavy atom. The van der Waals surface area contributed by atoms with Crippen LogP contribution >= 0.6 is 0 Å². The molecule has 0 saturated carbocycles. The summed E-state index contributed by atoms with van der Waals surface area (Å²) in [5.74, 6) is 0.325. The SMILES string of the molecule is CCCCN(CC(=O)Nc1cc(C(C)(C)C)nn1C(C)(C)C)C(=O)c1ccccc1C. The van der Waals surface area contributed by atoms with Crippen molar-refractivity contribution in [1.29, 1.82) is 0 Å². The molecular formula is C25H38N4O2. The second-order valence-corrected chi connectivity index (χ2v) is 10.2. The molecule has 2 amide bonds. The topological polar surface area (TPSA) is 67.2 Å². The molecule has 0 aliphatic heterocycles. The number of benzene rings is 1. The maximum atomic E-state index is 13.1. The summed E-state index contributed by atoms with van der Waals surface area (Å²) in [6.07, 6.45) is 1.80. The van der Waals surface area contributed by atoms with Crippen molar-refractivity contribution in [1.82, 2.24) is 14.7 Å². The molecule has 0 bridgehead atoms. The first kappa shape index (κ1) is 24.6. The van der Waals surface area contributed by atoms with Gasteiger partial charge < -0.3 is 10.2 Å². The van der Waals surface area contributed by atoms with Crippen molar-refractivity contribution in [2.45, 2.75) is 79.2 Å². The smallest absolute Gasteiger partial charge is 0.254 e. The van der Waals surface area contributed by atoms with E-state index in [1.165, 1.54) is 0 Å². The van der Waals surface area contributed by atoms with Gasteiger partial charge in [0, 0.05) is 23.6 Å². The molecule has 2 rings (SSSR count). The summed E-state index contributed by atoms with van der Waals surface area (Å²) in [6, 6.07) is 9.44. The van der Waals surface area contributed by atoms with Gasteiger partial charge in [0.15, 0.2) is 0 Å². The lowest BCUT2D eigenvalue weighted by molar-refractivity contribution is -0.117. The van der Waals surface area contributed by atoms with E-state index < -0.39 is 0 Å². The Balaban J connectivity index is 2.26. The molecule has 0 radical (unpaired) electrons. The molecular weight excluding hydrogens is 388 g/mol. The van der Waals surface area contributed by atoms with Gasteiger partial charge in [0.25, 0.3) is 5.91 Å². The summed E-state index contributed by atoms with van der Waals surface area (Å²) in [5.41, 5.74) is 2.04. The minimum atomic E-state index is -0.287. The van der Waals surface area contributed by atoms with E-state index >= 15 is 0 Å². The van der Waals surface area contributed by atoms with E-state index in [1.54, 1.807) is 4.90 Å². The third kappa shape index (κ3) is 6.42. The number of aryl methyl sites for hydroxylation is 1. The summed E-state index contributed by atoms with van der Waals surface area (Å²) < 4.78 is 1.85. The zero-order valence-electron chi connectivity index (χ0n) is 20.4. The average molecular weight is 427 g/mol. The Morgan fingerprint density at radius 1 is 1.10 bits per heavy atom. The molecule has 170 valence electrons. The summed E-state index contributed by atoms with van der Waals surface area (Å²) in [6.45, 7) is 17.0. The van der Waals surface area contributed by atoms with Gasteiger partial charge in [0.05, 0.1) is 11.2 Å². The second-order valence-electron chi connectivity index (χ2n) is 10.2. The van der Waals surface area contributed by atoms with Crippen molar-refractivity contribution < 1.29 is 9.59 Å². The number of anilines is 1. The van der Waals surface area contributed by atoms with Gasteiger partial charge >= 0.3 is 0 Å². The molecule has 6 nitrogen and oxygen atoms in total. The molecule has 31 heavy (non-hydrogen) atoms. The zero-order valence-corrected chi connectivity index (χ0v) is 20.4. The van der Waals surface area contributed by atoms with Gasteiger partial charge in [-0.2, -0.15) is 5.10 Å². The van der Waals surface area contributed by atoms with Crippen LogP contribution in [0.4, 0.5) is 5.82 Å². The number of nitrogens with zero attached hydrogens (tertiary/aromatic N) is 3. The van der Waals surface area contributed by atoms with Crippen molar-refractivity contribution in [2.24, 2.45) is 0 Å². The van der Waals surface area contributed by atoms with Crippen LogP contribution in [-0.2, 0) is 15.7 Å². The Morgan fingerprint density at radius 3 is 2.29 bits per heavy atom. The van der Waals surface area contributed by atoms with Gasteiger partial charge in [-0.25, -0.2) is 4.68 Å². The largest absolute Gasteiger partial charge is 0.329 e. The molecule has 0 fully saturated rings. The maximum Gasteiger partial charge on any atom is 0.254 e. The van der Waals surface area contributed by atoms with Gasteiger partial charge in [-0.15, -0.1) is 0 Å². The van der Waals surface area contributed by atoms with Crippen LogP contribution in [0, 0.1) is 6.92 Å². The van der Waals surface area contributed by atoms with Crippen molar-refractivity contribution in [3.8, 4) is 0 Å². The highest BCUT2D eigenvalue weighted by Gasteiger charge is 2.27. The molecule has 1 heterocycles. The third-order valence-corrected chi connectivity index (χ3v) is 5.16. The van der Waals surface area contributed by atoms with Gasteiger partial charge in [-0.1, -0.05) is 52.3 Å². The lowest BCUT2D eigenvalue weighted by Crippen LogP contribution is -2.39. The Hall–Kier alpha value is -2.63. The quantitative estimate of drug-likeness (QED) is 0.668. The minimum absolute atomic E-state index is 0.00728. The highest BCUT2D eigenvalue weighted by Crippen LogP contribution is 2.28. The highest BCUT2D eigenvalue weighted by atomic mass is 16.2. The van der Waals surface area contributed by atoms with Crippen molar-refractivity contribution in [3.05, 3.63) is 47.2 Å². The van der Waals surface area contributed by atoms with Gasteiger partial charge in [0.2, 0.25) is 5.91 Å². The molecule has 1 aromatic heterocycles. The molecule has 0 unspecified atom stereocenters. The normalized spacial score (nSPS) is 12.0.